The average Bonchev–Trinajstić information content (AvgIpc) is 3.24. The Hall–Kier alpha value is -3.42. The minimum absolute atomic E-state index is 0.0802. The van der Waals surface area contributed by atoms with Gasteiger partial charge >= 0.3 is 6.01 Å². The van der Waals surface area contributed by atoms with Gasteiger partial charge in [0.05, 0.1) is 21.8 Å². The van der Waals surface area contributed by atoms with Crippen molar-refractivity contribution in [1.82, 2.24) is 20.3 Å². The highest BCUT2D eigenvalue weighted by Crippen LogP contribution is 2.33. The number of hydrogen-bond donors (Lipinski definition) is 2. The summed E-state index contributed by atoms with van der Waals surface area (Å²) in [7, 11) is 0. The van der Waals surface area contributed by atoms with E-state index in [4.69, 9.17) is 26.1 Å². The maximum absolute atomic E-state index is 11.5. The van der Waals surface area contributed by atoms with Crippen molar-refractivity contribution >= 4 is 28.7 Å². The number of benzene rings is 2. The van der Waals surface area contributed by atoms with Crippen LogP contribution >= 0.6 is 11.6 Å². The fourth-order valence-corrected chi connectivity index (χ4v) is 4.91. The number of aromatic amines is 1. The van der Waals surface area contributed by atoms with Crippen LogP contribution in [0.4, 0.5) is 0 Å². The minimum atomic E-state index is -0.482. The predicted octanol–water partition coefficient (Wildman–Crippen LogP) is 6.34. The van der Waals surface area contributed by atoms with E-state index in [1.54, 1.807) is 0 Å². The molecule has 1 fully saturated rings. The van der Waals surface area contributed by atoms with Crippen molar-refractivity contribution in [2.75, 3.05) is 13.2 Å². The van der Waals surface area contributed by atoms with Crippen LogP contribution in [0.3, 0.4) is 0 Å². The van der Waals surface area contributed by atoms with Gasteiger partial charge in [0.2, 0.25) is 5.91 Å². The van der Waals surface area contributed by atoms with E-state index in [1.165, 1.54) is 12.5 Å². The lowest BCUT2D eigenvalue weighted by Crippen LogP contribution is -2.39. The number of halogens is 1. The molecule has 2 aromatic heterocycles. The van der Waals surface area contributed by atoms with E-state index in [2.05, 4.69) is 39.6 Å². The van der Waals surface area contributed by atoms with Crippen molar-refractivity contribution in [1.29, 1.82) is 0 Å². The summed E-state index contributed by atoms with van der Waals surface area (Å²) < 4.78 is 11.4. The second-order valence-corrected chi connectivity index (χ2v) is 10.1. The number of nitrogens with zero attached hydrogens (tertiary/aromatic N) is 2. The zero-order valence-corrected chi connectivity index (χ0v) is 21.4. The van der Waals surface area contributed by atoms with E-state index in [0.29, 0.717) is 39.6 Å². The van der Waals surface area contributed by atoms with Crippen LogP contribution in [0.1, 0.15) is 50.7 Å². The van der Waals surface area contributed by atoms with Gasteiger partial charge < -0.3 is 19.8 Å². The standard InChI is InChI=1S/C28H29ClN4O3/c1-17(34)33-28(2,3)21-8-10-22(11-9-21)36-27-30-24-16-23(29)25(31-26(24)32-27)20-6-4-18(5-7-20)19-12-14-35-15-13-19/h4-11,16,19H,12-15H2,1-3H3,(H,33,34)(H,30,31,32). The third kappa shape index (κ3) is 5.22. The molecule has 0 aliphatic carbocycles. The number of fused-ring (bicyclic) bond motifs is 1. The lowest BCUT2D eigenvalue weighted by atomic mass is 9.91. The molecule has 0 spiro atoms. The Morgan fingerprint density at radius 1 is 1.08 bits per heavy atom. The molecule has 7 nitrogen and oxygen atoms in total. The zero-order valence-electron chi connectivity index (χ0n) is 20.6. The molecule has 36 heavy (non-hydrogen) atoms. The number of H-pyrrole nitrogens is 1. The van der Waals surface area contributed by atoms with Gasteiger partial charge in [-0.25, -0.2) is 4.98 Å². The van der Waals surface area contributed by atoms with Gasteiger partial charge in [-0.15, -0.1) is 0 Å². The Labute approximate surface area is 215 Å². The first-order chi connectivity index (χ1) is 17.3. The molecule has 1 aliphatic heterocycles. The Kier molecular flexibility index (Phi) is 6.69. The molecular formula is C28H29ClN4O3. The monoisotopic (exact) mass is 504 g/mol. The highest BCUT2D eigenvalue weighted by molar-refractivity contribution is 6.33. The van der Waals surface area contributed by atoms with Crippen LogP contribution < -0.4 is 10.1 Å². The van der Waals surface area contributed by atoms with Crippen molar-refractivity contribution in [3.05, 3.63) is 70.7 Å². The van der Waals surface area contributed by atoms with Crippen LogP contribution in [0, 0.1) is 0 Å². The molecule has 5 rings (SSSR count). The SMILES string of the molecule is CC(=O)NC(C)(C)c1ccc(Oc2nc3nc(-c4ccc(C5CCOCC5)cc4)c(Cl)cc3[nH]2)cc1. The minimum Gasteiger partial charge on any atom is -0.426 e. The number of ether oxygens (including phenoxy) is 2. The molecule has 0 saturated carbocycles. The molecule has 1 aliphatic rings. The summed E-state index contributed by atoms with van der Waals surface area (Å²) in [5.41, 5.74) is 4.66. The quantitative estimate of drug-likeness (QED) is 0.320. The summed E-state index contributed by atoms with van der Waals surface area (Å²) in [6.07, 6.45) is 2.10. The van der Waals surface area contributed by atoms with Crippen LogP contribution in [0.15, 0.2) is 54.6 Å². The molecule has 1 saturated heterocycles. The summed E-state index contributed by atoms with van der Waals surface area (Å²) in [6.45, 7) is 7.05. The molecule has 0 radical (unpaired) electrons. The van der Waals surface area contributed by atoms with Crippen LogP contribution in [-0.2, 0) is 15.1 Å². The third-order valence-corrected chi connectivity index (χ3v) is 6.85. The van der Waals surface area contributed by atoms with Crippen LogP contribution in [-0.4, -0.2) is 34.1 Å². The second-order valence-electron chi connectivity index (χ2n) is 9.67. The van der Waals surface area contributed by atoms with Crippen molar-refractivity contribution in [2.45, 2.75) is 45.1 Å². The Balaban J connectivity index is 1.34. The molecule has 4 aromatic rings. The molecule has 0 bridgehead atoms. The van der Waals surface area contributed by atoms with Gasteiger partial charge in [0.1, 0.15) is 5.75 Å². The van der Waals surface area contributed by atoms with Crippen molar-refractivity contribution in [2.24, 2.45) is 0 Å². The number of nitrogens with one attached hydrogen (secondary N) is 2. The number of carbonyl (C=O) groups excluding carboxylic acids is 1. The van der Waals surface area contributed by atoms with Gasteiger partial charge in [0.15, 0.2) is 5.65 Å². The summed E-state index contributed by atoms with van der Waals surface area (Å²) in [6, 6.07) is 18.1. The maximum Gasteiger partial charge on any atom is 0.301 e. The second kappa shape index (κ2) is 9.91. The first kappa shape index (κ1) is 24.3. The first-order valence-corrected chi connectivity index (χ1v) is 12.5. The summed E-state index contributed by atoms with van der Waals surface area (Å²) >= 11 is 6.59. The smallest absolute Gasteiger partial charge is 0.301 e. The molecule has 3 heterocycles. The van der Waals surface area contributed by atoms with Crippen molar-refractivity contribution in [3.63, 3.8) is 0 Å². The van der Waals surface area contributed by atoms with Gasteiger partial charge in [-0.2, -0.15) is 4.98 Å². The highest BCUT2D eigenvalue weighted by atomic mass is 35.5. The maximum atomic E-state index is 11.5. The van der Waals surface area contributed by atoms with Crippen molar-refractivity contribution < 1.29 is 14.3 Å². The van der Waals surface area contributed by atoms with Gasteiger partial charge in [-0.05, 0) is 61.9 Å². The first-order valence-electron chi connectivity index (χ1n) is 12.1. The fraction of sp³-hybridized carbons (Fsp3) is 0.321. The highest BCUT2D eigenvalue weighted by Gasteiger charge is 2.21. The molecular weight excluding hydrogens is 476 g/mol. The molecule has 0 atom stereocenters. The van der Waals surface area contributed by atoms with Gasteiger partial charge in [-0.1, -0.05) is 48.0 Å². The fourth-order valence-electron chi connectivity index (χ4n) is 4.65. The van der Waals surface area contributed by atoms with Crippen LogP contribution in [0.2, 0.25) is 5.02 Å². The Morgan fingerprint density at radius 3 is 2.44 bits per heavy atom. The normalized spacial score (nSPS) is 14.7. The van der Waals surface area contributed by atoms with E-state index in [0.717, 1.165) is 37.2 Å². The Morgan fingerprint density at radius 2 is 1.78 bits per heavy atom. The van der Waals surface area contributed by atoms with Crippen LogP contribution in [0.25, 0.3) is 22.4 Å². The predicted molar refractivity (Wildman–Crippen MR) is 140 cm³/mol. The molecule has 2 aromatic carbocycles. The van der Waals surface area contributed by atoms with E-state index in [1.807, 2.05) is 44.2 Å². The van der Waals surface area contributed by atoms with E-state index >= 15 is 0 Å². The molecule has 8 heteroatoms. The number of carbonyl (C=O) groups is 1. The lowest BCUT2D eigenvalue weighted by Gasteiger charge is -2.26. The van der Waals surface area contributed by atoms with Crippen molar-refractivity contribution in [3.8, 4) is 23.0 Å². The summed E-state index contributed by atoms with van der Waals surface area (Å²) in [4.78, 5) is 23.8. The largest absolute Gasteiger partial charge is 0.426 e. The Bertz CT molecular complexity index is 1370. The van der Waals surface area contributed by atoms with Gasteiger partial charge in [-0.3, -0.25) is 4.79 Å². The van der Waals surface area contributed by atoms with Crippen LogP contribution in [0.5, 0.6) is 11.8 Å². The number of rotatable bonds is 6. The van der Waals surface area contributed by atoms with Gasteiger partial charge in [0, 0.05) is 25.7 Å². The number of pyridine rings is 1. The third-order valence-electron chi connectivity index (χ3n) is 6.56. The molecule has 1 amide bonds. The molecule has 2 N–H and O–H groups in total. The number of aromatic nitrogens is 3. The number of amides is 1. The topological polar surface area (TPSA) is 89.1 Å². The summed E-state index contributed by atoms with van der Waals surface area (Å²) in [5.74, 6) is 1.07. The molecule has 186 valence electrons. The van der Waals surface area contributed by atoms with Gasteiger partial charge in [0.25, 0.3) is 0 Å². The number of imidazole rings is 1. The lowest BCUT2D eigenvalue weighted by molar-refractivity contribution is -0.120. The van der Waals surface area contributed by atoms with E-state index in [9.17, 15) is 4.79 Å². The summed E-state index contributed by atoms with van der Waals surface area (Å²) in [5, 5.41) is 3.48. The number of hydrogen-bond acceptors (Lipinski definition) is 5. The zero-order chi connectivity index (χ0) is 25.3. The average molecular weight is 505 g/mol. The van der Waals surface area contributed by atoms with E-state index in [-0.39, 0.29) is 5.91 Å². The van der Waals surface area contributed by atoms with E-state index < -0.39 is 5.54 Å². The molecule has 0 unspecified atom stereocenters.